The molecule has 0 aliphatic heterocycles. The highest BCUT2D eigenvalue weighted by Crippen LogP contribution is 2.03. The molecule has 0 saturated carbocycles. The van der Waals surface area contributed by atoms with Crippen molar-refractivity contribution in [2.75, 3.05) is 11.9 Å². The van der Waals surface area contributed by atoms with E-state index in [4.69, 9.17) is 5.73 Å². The maximum atomic E-state index is 5.85. The number of aromatic nitrogens is 2. The lowest BCUT2D eigenvalue weighted by atomic mass is 10.2. The number of nitrogens with two attached hydrogens (primary N) is 1. The van der Waals surface area contributed by atoms with Gasteiger partial charge in [-0.05, 0) is 6.42 Å². The zero-order valence-electron chi connectivity index (χ0n) is 8.33. The molecule has 1 atom stereocenters. The van der Waals surface area contributed by atoms with E-state index < -0.39 is 0 Å². The first-order chi connectivity index (χ1) is 6.22. The van der Waals surface area contributed by atoms with Crippen LogP contribution in [0.2, 0.25) is 0 Å². The molecule has 0 aliphatic carbocycles. The van der Waals surface area contributed by atoms with Crippen molar-refractivity contribution in [2.45, 2.75) is 25.8 Å². The zero-order valence-corrected chi connectivity index (χ0v) is 8.33. The molecule has 1 aromatic rings. The topological polar surface area (TPSA) is 55.9 Å². The van der Waals surface area contributed by atoms with Crippen molar-refractivity contribution >= 4 is 5.69 Å². The molecule has 1 aromatic heterocycles. The van der Waals surface area contributed by atoms with E-state index in [-0.39, 0.29) is 6.04 Å². The molecule has 1 unspecified atom stereocenters. The molecule has 13 heavy (non-hydrogen) atoms. The van der Waals surface area contributed by atoms with Crippen molar-refractivity contribution < 1.29 is 0 Å². The number of rotatable bonds is 5. The Hall–Kier alpha value is -1.03. The molecule has 0 aromatic carbocycles. The lowest BCUT2D eigenvalue weighted by molar-refractivity contribution is 0.627. The lowest BCUT2D eigenvalue weighted by Crippen LogP contribution is -2.28. The highest BCUT2D eigenvalue weighted by Gasteiger charge is 2.00. The molecule has 0 radical (unpaired) electrons. The van der Waals surface area contributed by atoms with Gasteiger partial charge in [-0.2, -0.15) is 5.10 Å². The van der Waals surface area contributed by atoms with E-state index in [1.165, 1.54) is 0 Å². The molecule has 1 rings (SSSR count). The van der Waals surface area contributed by atoms with Crippen molar-refractivity contribution in [1.82, 2.24) is 9.78 Å². The lowest BCUT2D eigenvalue weighted by Gasteiger charge is -2.10. The highest BCUT2D eigenvalue weighted by atomic mass is 15.3. The average molecular weight is 182 g/mol. The Balaban J connectivity index is 2.26. The summed E-state index contributed by atoms with van der Waals surface area (Å²) in [5, 5.41) is 7.30. The first-order valence-electron chi connectivity index (χ1n) is 4.70. The minimum Gasteiger partial charge on any atom is -0.381 e. The van der Waals surface area contributed by atoms with Crippen LogP contribution in [0.1, 0.15) is 19.8 Å². The fourth-order valence-electron chi connectivity index (χ4n) is 1.23. The molecule has 1 heterocycles. The Kier molecular flexibility index (Phi) is 3.76. The summed E-state index contributed by atoms with van der Waals surface area (Å²) < 4.78 is 1.77. The van der Waals surface area contributed by atoms with E-state index in [1.807, 2.05) is 13.2 Å². The Morgan fingerprint density at radius 1 is 1.69 bits per heavy atom. The summed E-state index contributed by atoms with van der Waals surface area (Å²) in [6.07, 6.45) is 5.94. The van der Waals surface area contributed by atoms with Gasteiger partial charge in [-0.25, -0.2) is 0 Å². The van der Waals surface area contributed by atoms with Crippen molar-refractivity contribution in [3.8, 4) is 0 Å². The summed E-state index contributed by atoms with van der Waals surface area (Å²) in [5.74, 6) is 0. The fourth-order valence-corrected chi connectivity index (χ4v) is 1.23. The molecule has 4 nitrogen and oxygen atoms in total. The van der Waals surface area contributed by atoms with Crippen LogP contribution in [0.4, 0.5) is 5.69 Å². The molecule has 3 N–H and O–H groups in total. The molecule has 0 spiro atoms. The monoisotopic (exact) mass is 182 g/mol. The van der Waals surface area contributed by atoms with Crippen LogP contribution in [0, 0.1) is 0 Å². The fraction of sp³-hybridized carbons (Fsp3) is 0.667. The Labute approximate surface area is 79.1 Å². The number of anilines is 1. The highest BCUT2D eigenvalue weighted by molar-refractivity contribution is 5.38. The van der Waals surface area contributed by atoms with E-state index in [2.05, 4.69) is 17.3 Å². The minimum absolute atomic E-state index is 0.241. The Morgan fingerprint density at radius 3 is 3.00 bits per heavy atom. The molecule has 74 valence electrons. The average Bonchev–Trinajstić information content (AvgIpc) is 2.49. The van der Waals surface area contributed by atoms with Gasteiger partial charge >= 0.3 is 0 Å². The van der Waals surface area contributed by atoms with Gasteiger partial charge in [0.1, 0.15) is 0 Å². The van der Waals surface area contributed by atoms with E-state index in [9.17, 15) is 0 Å². The van der Waals surface area contributed by atoms with Gasteiger partial charge in [-0.1, -0.05) is 13.3 Å². The second kappa shape index (κ2) is 4.87. The van der Waals surface area contributed by atoms with Crippen LogP contribution in [0.3, 0.4) is 0 Å². The standard InChI is InChI=1S/C9H18N4/c1-3-4-8(10)5-11-9-6-12-13(2)7-9/h6-8,11H,3-5,10H2,1-2H3. The van der Waals surface area contributed by atoms with Gasteiger partial charge in [0.25, 0.3) is 0 Å². The molecule has 0 fully saturated rings. The smallest absolute Gasteiger partial charge is 0.0726 e. The predicted octanol–water partition coefficient (Wildman–Crippen LogP) is 0.959. The summed E-state index contributed by atoms with van der Waals surface area (Å²) >= 11 is 0. The van der Waals surface area contributed by atoms with Crippen LogP contribution < -0.4 is 11.1 Å². The van der Waals surface area contributed by atoms with E-state index in [0.29, 0.717) is 0 Å². The SMILES string of the molecule is CCCC(N)CNc1cnn(C)c1. The zero-order chi connectivity index (χ0) is 9.68. The number of hydrogen-bond acceptors (Lipinski definition) is 3. The number of nitrogens with one attached hydrogen (secondary N) is 1. The quantitative estimate of drug-likeness (QED) is 0.713. The van der Waals surface area contributed by atoms with Gasteiger partial charge < -0.3 is 11.1 Å². The largest absolute Gasteiger partial charge is 0.381 e. The maximum Gasteiger partial charge on any atom is 0.0726 e. The van der Waals surface area contributed by atoms with Crippen LogP contribution in [0.5, 0.6) is 0 Å². The molecule has 0 saturated heterocycles. The van der Waals surface area contributed by atoms with E-state index in [0.717, 1.165) is 25.1 Å². The second-order valence-electron chi connectivity index (χ2n) is 3.33. The third-order valence-electron chi connectivity index (χ3n) is 1.93. The van der Waals surface area contributed by atoms with Crippen LogP contribution in [-0.4, -0.2) is 22.4 Å². The van der Waals surface area contributed by atoms with Crippen LogP contribution in [-0.2, 0) is 7.05 Å². The van der Waals surface area contributed by atoms with Crippen molar-refractivity contribution in [3.05, 3.63) is 12.4 Å². The number of hydrogen-bond donors (Lipinski definition) is 2. The summed E-state index contributed by atoms with van der Waals surface area (Å²) in [6.45, 7) is 2.96. The number of aryl methyl sites for hydroxylation is 1. The normalized spacial score (nSPS) is 12.8. The van der Waals surface area contributed by atoms with E-state index in [1.54, 1.807) is 10.9 Å². The molecule has 0 aliphatic rings. The third-order valence-corrected chi connectivity index (χ3v) is 1.93. The van der Waals surface area contributed by atoms with Crippen LogP contribution in [0.15, 0.2) is 12.4 Å². The van der Waals surface area contributed by atoms with Gasteiger partial charge in [0.2, 0.25) is 0 Å². The first-order valence-corrected chi connectivity index (χ1v) is 4.70. The van der Waals surface area contributed by atoms with E-state index >= 15 is 0 Å². The van der Waals surface area contributed by atoms with Gasteiger partial charge in [-0.3, -0.25) is 4.68 Å². The maximum absolute atomic E-state index is 5.85. The van der Waals surface area contributed by atoms with Gasteiger partial charge in [0.05, 0.1) is 11.9 Å². The molecular formula is C9H18N4. The number of nitrogens with zero attached hydrogens (tertiary/aromatic N) is 2. The Morgan fingerprint density at radius 2 is 2.46 bits per heavy atom. The molecule has 4 heteroatoms. The van der Waals surface area contributed by atoms with Crippen molar-refractivity contribution in [2.24, 2.45) is 12.8 Å². The minimum atomic E-state index is 0.241. The first kappa shape index (κ1) is 10.1. The summed E-state index contributed by atoms with van der Waals surface area (Å²) in [4.78, 5) is 0. The van der Waals surface area contributed by atoms with Crippen LogP contribution >= 0.6 is 0 Å². The molecular weight excluding hydrogens is 164 g/mol. The summed E-state index contributed by atoms with van der Waals surface area (Å²) in [5.41, 5.74) is 6.89. The van der Waals surface area contributed by atoms with Crippen molar-refractivity contribution in [1.29, 1.82) is 0 Å². The summed E-state index contributed by atoms with van der Waals surface area (Å²) in [6, 6.07) is 0.241. The second-order valence-corrected chi connectivity index (χ2v) is 3.33. The molecule has 0 amide bonds. The van der Waals surface area contributed by atoms with Crippen LogP contribution in [0.25, 0.3) is 0 Å². The van der Waals surface area contributed by atoms with Gasteiger partial charge in [0.15, 0.2) is 0 Å². The van der Waals surface area contributed by atoms with Gasteiger partial charge in [0, 0.05) is 25.8 Å². The Bertz CT molecular complexity index is 244. The van der Waals surface area contributed by atoms with Crippen molar-refractivity contribution in [3.63, 3.8) is 0 Å². The van der Waals surface area contributed by atoms with Gasteiger partial charge in [-0.15, -0.1) is 0 Å². The summed E-state index contributed by atoms with van der Waals surface area (Å²) in [7, 11) is 1.90. The molecule has 0 bridgehead atoms. The predicted molar refractivity (Wildman–Crippen MR) is 54.6 cm³/mol. The third kappa shape index (κ3) is 3.46.